The van der Waals surface area contributed by atoms with E-state index < -0.39 is 21.7 Å². The van der Waals surface area contributed by atoms with Crippen LogP contribution in [0.5, 0.6) is 17.4 Å². The Bertz CT molecular complexity index is 1660. The molecule has 0 spiro atoms. The van der Waals surface area contributed by atoms with Gasteiger partial charge in [-0.05, 0) is 88.2 Å². The molecule has 4 aromatic rings. The number of pyridine rings is 2. The van der Waals surface area contributed by atoms with Crippen LogP contribution in [0.1, 0.15) is 42.5 Å². The minimum absolute atomic E-state index is 0. The summed E-state index contributed by atoms with van der Waals surface area (Å²) in [6.07, 6.45) is 0. The SMILES string of the molecule is CCOc1ccc(-c2ccc(C(=O)NS(=O)(=O)c3cccc(C)n3)c(Oc3c(C)cc(C)cc3C)n2)cc1F.[HH].[HH]. The molecule has 0 unspecified atom stereocenters. The van der Waals surface area contributed by atoms with Gasteiger partial charge in [0.2, 0.25) is 5.88 Å². The lowest BCUT2D eigenvalue weighted by Crippen LogP contribution is -2.31. The molecule has 0 aliphatic carbocycles. The lowest BCUT2D eigenvalue weighted by Gasteiger charge is -2.16. The number of sulfonamides is 1. The number of ether oxygens (including phenoxy) is 2. The quantitative estimate of drug-likeness (QED) is 0.272. The predicted octanol–water partition coefficient (Wildman–Crippen LogP) is 6.32. The number of nitrogens with zero attached hydrogens (tertiary/aromatic N) is 2. The maximum Gasteiger partial charge on any atom is 0.281 e. The largest absolute Gasteiger partial charge is 0.491 e. The molecule has 0 atom stereocenters. The summed E-state index contributed by atoms with van der Waals surface area (Å²) in [7, 11) is -4.28. The fraction of sp³-hybridized carbons (Fsp3) is 0.207. The average Bonchev–Trinajstić information content (AvgIpc) is 2.87. The van der Waals surface area contributed by atoms with Gasteiger partial charge in [-0.2, -0.15) is 8.42 Å². The summed E-state index contributed by atoms with van der Waals surface area (Å²) >= 11 is 0. The Morgan fingerprint density at radius 1 is 0.974 bits per heavy atom. The van der Waals surface area contributed by atoms with Crippen molar-refractivity contribution in [3.8, 4) is 28.6 Å². The van der Waals surface area contributed by atoms with Gasteiger partial charge in [0.05, 0.1) is 12.3 Å². The van der Waals surface area contributed by atoms with Crippen LogP contribution in [0.15, 0.2) is 65.7 Å². The molecule has 0 fully saturated rings. The molecule has 206 valence electrons. The number of hydrogen-bond donors (Lipinski definition) is 1. The monoisotopic (exact) mass is 553 g/mol. The van der Waals surface area contributed by atoms with Crippen LogP contribution in [0.2, 0.25) is 0 Å². The number of benzene rings is 2. The average molecular weight is 554 g/mol. The third kappa shape index (κ3) is 6.23. The van der Waals surface area contributed by atoms with Crippen molar-refractivity contribution in [3.63, 3.8) is 0 Å². The third-order valence-corrected chi connectivity index (χ3v) is 7.03. The topological polar surface area (TPSA) is 107 Å². The van der Waals surface area contributed by atoms with Gasteiger partial charge < -0.3 is 9.47 Å². The van der Waals surface area contributed by atoms with Crippen molar-refractivity contribution in [3.05, 3.63) is 94.4 Å². The second-order valence-corrected chi connectivity index (χ2v) is 10.6. The van der Waals surface area contributed by atoms with Crippen LogP contribution in [0.25, 0.3) is 11.3 Å². The van der Waals surface area contributed by atoms with E-state index in [1.807, 2.05) is 37.6 Å². The third-order valence-electron chi connectivity index (χ3n) is 5.80. The molecule has 10 heteroatoms. The number of rotatable bonds is 8. The standard InChI is InChI=1S/C29H28FN3O5S.2H2/c1-6-37-25-13-10-21(16-23(25)30)24-12-11-22(28(34)33-39(35,36)26-9-7-8-20(5)31-26)29(32-24)38-27-18(3)14-17(2)15-19(27)4;;/h7-16H,6H2,1-5H3,(H,33,34);2*1H. The molecule has 2 heterocycles. The minimum atomic E-state index is -4.28. The number of halogens is 1. The summed E-state index contributed by atoms with van der Waals surface area (Å²) in [4.78, 5) is 21.8. The second kappa shape index (κ2) is 11.2. The molecule has 4 rings (SSSR count). The molecule has 2 aromatic heterocycles. The Labute approximate surface area is 229 Å². The van der Waals surface area contributed by atoms with Crippen LogP contribution in [0.4, 0.5) is 4.39 Å². The van der Waals surface area contributed by atoms with E-state index in [1.54, 1.807) is 26.0 Å². The summed E-state index contributed by atoms with van der Waals surface area (Å²) < 4.78 is 53.8. The maximum absolute atomic E-state index is 14.6. The summed E-state index contributed by atoms with van der Waals surface area (Å²) in [5.74, 6) is -1.08. The predicted molar refractivity (Wildman–Crippen MR) is 149 cm³/mol. The normalized spacial score (nSPS) is 11.2. The van der Waals surface area contributed by atoms with E-state index in [2.05, 4.69) is 9.97 Å². The number of carbonyl (C=O) groups is 1. The van der Waals surface area contributed by atoms with E-state index in [0.717, 1.165) is 16.7 Å². The molecule has 0 saturated heterocycles. The van der Waals surface area contributed by atoms with Crippen LogP contribution in [0.3, 0.4) is 0 Å². The van der Waals surface area contributed by atoms with Gasteiger partial charge in [-0.25, -0.2) is 19.1 Å². The molecule has 2 aromatic carbocycles. The first kappa shape index (κ1) is 27.7. The van der Waals surface area contributed by atoms with Crippen LogP contribution in [-0.2, 0) is 10.0 Å². The summed E-state index contributed by atoms with van der Waals surface area (Å²) in [5, 5.41) is -0.294. The van der Waals surface area contributed by atoms with Crippen molar-refractivity contribution < 1.29 is 29.9 Å². The van der Waals surface area contributed by atoms with E-state index in [1.165, 1.54) is 36.4 Å². The molecule has 1 N–H and O–H groups in total. The summed E-state index contributed by atoms with van der Waals surface area (Å²) in [6, 6.07) is 15.6. The van der Waals surface area contributed by atoms with E-state index >= 15 is 0 Å². The lowest BCUT2D eigenvalue weighted by atomic mass is 10.1. The highest BCUT2D eigenvalue weighted by Gasteiger charge is 2.25. The van der Waals surface area contributed by atoms with Crippen molar-refractivity contribution in [2.24, 2.45) is 0 Å². The molecular weight excluding hydrogens is 521 g/mol. The van der Waals surface area contributed by atoms with E-state index in [-0.39, 0.29) is 25.1 Å². The molecule has 8 nitrogen and oxygen atoms in total. The van der Waals surface area contributed by atoms with Gasteiger partial charge in [0, 0.05) is 14.1 Å². The Morgan fingerprint density at radius 3 is 2.33 bits per heavy atom. The first-order valence-corrected chi connectivity index (χ1v) is 13.7. The summed E-state index contributed by atoms with van der Waals surface area (Å²) in [5.41, 5.74) is 3.72. The highest BCUT2D eigenvalue weighted by Crippen LogP contribution is 2.33. The zero-order chi connectivity index (χ0) is 28.3. The first-order valence-electron chi connectivity index (χ1n) is 12.2. The smallest absolute Gasteiger partial charge is 0.281 e. The molecular formula is C29H32FN3O5S. The van der Waals surface area contributed by atoms with Crippen molar-refractivity contribution in [1.82, 2.24) is 14.7 Å². The number of aromatic nitrogens is 2. The Morgan fingerprint density at radius 2 is 1.69 bits per heavy atom. The Hall–Kier alpha value is -4.31. The maximum atomic E-state index is 14.6. The number of carbonyl (C=O) groups excluding carboxylic acids is 1. The molecule has 0 bridgehead atoms. The van der Waals surface area contributed by atoms with Crippen LogP contribution in [0, 0.1) is 33.5 Å². The van der Waals surface area contributed by atoms with E-state index in [4.69, 9.17) is 9.47 Å². The van der Waals surface area contributed by atoms with Crippen LogP contribution < -0.4 is 14.2 Å². The van der Waals surface area contributed by atoms with Gasteiger partial charge in [-0.15, -0.1) is 0 Å². The van der Waals surface area contributed by atoms with Crippen molar-refractivity contribution in [2.75, 3.05) is 6.61 Å². The number of hydrogen-bond acceptors (Lipinski definition) is 7. The molecule has 1 amide bonds. The van der Waals surface area contributed by atoms with Gasteiger partial charge in [0.15, 0.2) is 16.6 Å². The van der Waals surface area contributed by atoms with E-state index in [0.29, 0.717) is 29.3 Å². The van der Waals surface area contributed by atoms with Crippen molar-refractivity contribution in [2.45, 2.75) is 39.6 Å². The van der Waals surface area contributed by atoms with Crippen molar-refractivity contribution >= 4 is 15.9 Å². The van der Waals surface area contributed by atoms with Crippen LogP contribution in [-0.4, -0.2) is 30.9 Å². The highest BCUT2D eigenvalue weighted by molar-refractivity contribution is 7.90. The Kier molecular flexibility index (Phi) is 7.96. The summed E-state index contributed by atoms with van der Waals surface area (Å²) in [6.45, 7) is 9.37. The minimum Gasteiger partial charge on any atom is -0.491 e. The fourth-order valence-electron chi connectivity index (χ4n) is 4.11. The number of aryl methyl sites for hydroxylation is 4. The van der Waals surface area contributed by atoms with Gasteiger partial charge >= 0.3 is 0 Å². The molecule has 0 radical (unpaired) electrons. The number of nitrogens with one attached hydrogen (secondary N) is 1. The van der Waals surface area contributed by atoms with E-state index in [9.17, 15) is 17.6 Å². The zero-order valence-electron chi connectivity index (χ0n) is 22.2. The van der Waals surface area contributed by atoms with Gasteiger partial charge in [-0.3, -0.25) is 4.79 Å². The van der Waals surface area contributed by atoms with Crippen LogP contribution >= 0.6 is 0 Å². The molecule has 0 aliphatic rings. The second-order valence-electron chi connectivity index (χ2n) is 9.01. The van der Waals surface area contributed by atoms with Gasteiger partial charge in [0.25, 0.3) is 15.9 Å². The zero-order valence-corrected chi connectivity index (χ0v) is 23.0. The lowest BCUT2D eigenvalue weighted by molar-refractivity contribution is 0.0978. The Balaban J connectivity index is 0.00000294. The van der Waals surface area contributed by atoms with Crippen molar-refractivity contribution in [1.29, 1.82) is 0 Å². The fourth-order valence-corrected chi connectivity index (χ4v) is 5.09. The number of amides is 1. The first-order chi connectivity index (χ1) is 18.5. The molecule has 0 aliphatic heterocycles. The highest BCUT2D eigenvalue weighted by atomic mass is 32.2. The van der Waals surface area contributed by atoms with Gasteiger partial charge in [0.1, 0.15) is 11.3 Å². The van der Waals surface area contributed by atoms with Gasteiger partial charge in [-0.1, -0.05) is 23.8 Å². The molecule has 0 saturated carbocycles. The molecule has 39 heavy (non-hydrogen) atoms.